The highest BCUT2D eigenvalue weighted by Crippen LogP contribution is 2.25. The summed E-state index contributed by atoms with van der Waals surface area (Å²) in [5.41, 5.74) is -2.00. The van der Waals surface area contributed by atoms with Gasteiger partial charge in [0, 0.05) is 32.9 Å². The summed E-state index contributed by atoms with van der Waals surface area (Å²) in [7, 11) is 1.29. The first-order valence-electron chi connectivity index (χ1n) is 10.3. The van der Waals surface area contributed by atoms with Crippen LogP contribution in [-0.2, 0) is 43.2 Å². The molecule has 11 heteroatoms. The summed E-state index contributed by atoms with van der Waals surface area (Å²) in [6.07, 6.45) is 1.25. The van der Waals surface area contributed by atoms with Crippen LogP contribution in [0.15, 0.2) is 0 Å². The second kappa shape index (κ2) is 13.6. The Morgan fingerprint density at radius 1 is 0.938 bits per heavy atom. The van der Waals surface area contributed by atoms with Crippen molar-refractivity contribution in [2.45, 2.75) is 78.7 Å². The van der Waals surface area contributed by atoms with Crippen LogP contribution in [0, 0.1) is 5.41 Å². The molecule has 0 fully saturated rings. The minimum Gasteiger partial charge on any atom is -0.375 e. The minimum absolute atomic E-state index is 0.0346. The second-order valence-electron chi connectivity index (χ2n) is 8.43. The van der Waals surface area contributed by atoms with Crippen LogP contribution in [0.25, 0.3) is 0 Å². The number of hydrogen-bond acceptors (Lipinski definition) is 9. The number of rotatable bonds is 13. The molecule has 0 aromatic heterocycles. The molecule has 32 heavy (non-hydrogen) atoms. The van der Waals surface area contributed by atoms with Gasteiger partial charge in [0.25, 0.3) is 18.2 Å². The van der Waals surface area contributed by atoms with Gasteiger partial charge in [-0.3, -0.25) is 14.4 Å². The lowest BCUT2D eigenvalue weighted by Crippen LogP contribution is -2.38. The third-order valence-corrected chi connectivity index (χ3v) is 4.40. The van der Waals surface area contributed by atoms with Crippen molar-refractivity contribution in [3.05, 3.63) is 0 Å². The van der Waals surface area contributed by atoms with Gasteiger partial charge in [0.05, 0.1) is 17.4 Å². The Labute approximate surface area is 188 Å². The molecule has 0 heterocycles. The van der Waals surface area contributed by atoms with Gasteiger partial charge in [-0.1, -0.05) is 6.92 Å². The summed E-state index contributed by atoms with van der Waals surface area (Å²) in [6.45, 7) is 8.31. The topological polar surface area (TPSA) is 137 Å². The number of hydrogen-bond donors (Lipinski definition) is 0. The largest absolute Gasteiger partial charge is 0.375 e. The molecule has 0 saturated heterocycles. The van der Waals surface area contributed by atoms with Crippen molar-refractivity contribution in [3.8, 4) is 0 Å². The first-order chi connectivity index (χ1) is 14.8. The molecule has 11 nitrogen and oxygen atoms in total. The number of amides is 3. The van der Waals surface area contributed by atoms with Gasteiger partial charge in [0.15, 0.2) is 0 Å². The molecular weight excluding hydrogens is 424 g/mol. The molecule has 0 unspecified atom stereocenters. The van der Waals surface area contributed by atoms with Gasteiger partial charge in [-0.2, -0.15) is 5.06 Å². The zero-order chi connectivity index (χ0) is 24.9. The van der Waals surface area contributed by atoms with Crippen LogP contribution in [-0.4, -0.2) is 65.8 Å². The van der Waals surface area contributed by atoms with Crippen LogP contribution >= 0.6 is 0 Å². The fraction of sp³-hybridized carbons (Fsp3) is 0.714. The first kappa shape index (κ1) is 29.2. The molecular formula is C21H34N2O9. The third kappa shape index (κ3) is 11.0. The van der Waals surface area contributed by atoms with Crippen LogP contribution in [0.4, 0.5) is 0 Å². The fourth-order valence-corrected chi connectivity index (χ4v) is 2.32. The maximum absolute atomic E-state index is 12.4. The lowest BCUT2D eigenvalue weighted by molar-refractivity contribution is -0.202. The summed E-state index contributed by atoms with van der Waals surface area (Å²) in [4.78, 5) is 79.1. The molecule has 0 bridgehead atoms. The predicted octanol–water partition coefficient (Wildman–Crippen LogP) is 1.73. The molecule has 0 atom stereocenters. The van der Waals surface area contributed by atoms with Crippen LogP contribution < -0.4 is 0 Å². The van der Waals surface area contributed by atoms with Gasteiger partial charge in [0.2, 0.25) is 0 Å². The number of hydroxylamine groups is 4. The quantitative estimate of drug-likeness (QED) is 0.298. The monoisotopic (exact) mass is 458 g/mol. The minimum atomic E-state index is -1.00. The van der Waals surface area contributed by atoms with Crippen molar-refractivity contribution >= 4 is 36.4 Å². The normalized spacial score (nSPS) is 11.3. The maximum Gasteiger partial charge on any atom is 0.338 e. The number of nitrogens with zero attached hydrogens (tertiary/aromatic N) is 2. The highest BCUT2D eigenvalue weighted by Gasteiger charge is 2.33. The lowest BCUT2D eigenvalue weighted by atomic mass is 9.90. The molecule has 0 spiro atoms. The molecule has 0 saturated carbocycles. The number of imide groups is 1. The third-order valence-electron chi connectivity index (χ3n) is 4.40. The van der Waals surface area contributed by atoms with Gasteiger partial charge in [-0.05, 0) is 40.5 Å². The number of carbonyl (C=O) groups is 6. The summed E-state index contributed by atoms with van der Waals surface area (Å²) in [5, 5.41) is 1.17. The van der Waals surface area contributed by atoms with Crippen molar-refractivity contribution in [2.75, 3.05) is 13.7 Å². The molecule has 0 rings (SSSR count). The SMILES string of the molecule is CCCC(=O)N(C=O)OC(=O)CC(C)(C)OCCC(C)(C)C(=O)ON(C)C(=O)CCC=O. The molecule has 0 aromatic carbocycles. The standard InChI is InChI=1S/C21H34N2O9/c1-7-9-17(27)23(15-25)31-18(28)14-21(4,5)30-13-11-20(2,3)19(29)32-22(6)16(26)10-8-12-24/h12,15H,7-11,13-14H2,1-6H3. The van der Waals surface area contributed by atoms with E-state index in [1.807, 2.05) is 0 Å². The average molecular weight is 459 g/mol. The summed E-state index contributed by atoms with van der Waals surface area (Å²) < 4.78 is 5.70. The predicted molar refractivity (Wildman–Crippen MR) is 111 cm³/mol. The number of carbonyl (C=O) groups excluding carboxylic acids is 6. The van der Waals surface area contributed by atoms with Gasteiger partial charge in [-0.15, -0.1) is 5.06 Å². The molecule has 0 N–H and O–H groups in total. The smallest absolute Gasteiger partial charge is 0.338 e. The van der Waals surface area contributed by atoms with E-state index in [4.69, 9.17) is 14.4 Å². The van der Waals surface area contributed by atoms with E-state index in [1.165, 1.54) is 7.05 Å². The van der Waals surface area contributed by atoms with Crippen molar-refractivity contribution in [1.82, 2.24) is 10.1 Å². The second-order valence-corrected chi connectivity index (χ2v) is 8.43. The summed E-state index contributed by atoms with van der Waals surface area (Å²) in [5.74, 6) is -2.60. The van der Waals surface area contributed by atoms with E-state index in [1.54, 1.807) is 34.6 Å². The van der Waals surface area contributed by atoms with E-state index in [9.17, 15) is 28.8 Å². The van der Waals surface area contributed by atoms with Crippen molar-refractivity contribution in [3.63, 3.8) is 0 Å². The number of aldehydes is 1. The summed E-state index contributed by atoms with van der Waals surface area (Å²) >= 11 is 0. The van der Waals surface area contributed by atoms with E-state index in [0.717, 1.165) is 5.06 Å². The maximum atomic E-state index is 12.4. The highest BCUT2D eigenvalue weighted by atomic mass is 16.7. The van der Waals surface area contributed by atoms with Crippen LogP contribution in [0.3, 0.4) is 0 Å². The van der Waals surface area contributed by atoms with Gasteiger partial charge in [0.1, 0.15) is 6.29 Å². The zero-order valence-corrected chi connectivity index (χ0v) is 19.7. The van der Waals surface area contributed by atoms with Crippen molar-refractivity contribution in [1.29, 1.82) is 0 Å². The van der Waals surface area contributed by atoms with E-state index in [-0.39, 0.29) is 45.1 Å². The van der Waals surface area contributed by atoms with Crippen LogP contribution in [0.1, 0.15) is 73.1 Å². The molecule has 3 amide bonds. The molecule has 182 valence electrons. The zero-order valence-electron chi connectivity index (χ0n) is 19.7. The number of ether oxygens (including phenoxy) is 1. The molecule has 0 radical (unpaired) electrons. The van der Waals surface area contributed by atoms with Crippen LogP contribution in [0.5, 0.6) is 0 Å². The van der Waals surface area contributed by atoms with E-state index in [2.05, 4.69) is 0 Å². The summed E-state index contributed by atoms with van der Waals surface area (Å²) in [6, 6.07) is 0. The van der Waals surface area contributed by atoms with E-state index in [0.29, 0.717) is 17.8 Å². The van der Waals surface area contributed by atoms with Gasteiger partial charge in [-0.25, -0.2) is 9.59 Å². The molecule has 0 aliphatic rings. The van der Waals surface area contributed by atoms with Crippen LogP contribution in [0.2, 0.25) is 0 Å². The Morgan fingerprint density at radius 3 is 2.09 bits per heavy atom. The van der Waals surface area contributed by atoms with Gasteiger partial charge < -0.3 is 19.2 Å². The van der Waals surface area contributed by atoms with Crippen molar-refractivity contribution in [2.24, 2.45) is 5.41 Å². The molecule has 0 aromatic rings. The Morgan fingerprint density at radius 2 is 1.56 bits per heavy atom. The highest BCUT2D eigenvalue weighted by molar-refractivity contribution is 5.86. The average Bonchev–Trinajstić information content (AvgIpc) is 2.69. The van der Waals surface area contributed by atoms with E-state index >= 15 is 0 Å². The Hall–Kier alpha value is -2.82. The Bertz CT molecular complexity index is 689. The molecule has 0 aliphatic heterocycles. The van der Waals surface area contributed by atoms with Crippen molar-refractivity contribution < 1.29 is 43.2 Å². The molecule has 0 aliphatic carbocycles. The van der Waals surface area contributed by atoms with Gasteiger partial charge >= 0.3 is 11.9 Å². The van der Waals surface area contributed by atoms with E-state index < -0.39 is 34.8 Å². The lowest BCUT2D eigenvalue weighted by Gasteiger charge is -2.29. The Balaban J connectivity index is 4.64. The first-order valence-corrected chi connectivity index (χ1v) is 10.3. The fourth-order valence-electron chi connectivity index (χ4n) is 2.32. The Kier molecular flexibility index (Phi) is 12.4.